The molecule has 1 aromatic heterocycles. The Bertz CT molecular complexity index is 792. The molecule has 4 heterocycles. The van der Waals surface area contributed by atoms with E-state index < -0.39 is 0 Å². The molecule has 3 fully saturated rings. The summed E-state index contributed by atoms with van der Waals surface area (Å²) in [6.45, 7) is 9.43. The Balaban J connectivity index is 1.49. The lowest BCUT2D eigenvalue weighted by atomic mass is 9.93. The summed E-state index contributed by atoms with van der Waals surface area (Å²) in [6.07, 6.45) is 3.16. The lowest BCUT2D eigenvalue weighted by Crippen LogP contribution is -2.47. The highest BCUT2D eigenvalue weighted by atomic mass is 16.5. The van der Waals surface area contributed by atoms with Gasteiger partial charge in [0.25, 0.3) is 0 Å². The molecule has 144 valence electrons. The van der Waals surface area contributed by atoms with Crippen LogP contribution in [0, 0.1) is 19.8 Å². The van der Waals surface area contributed by atoms with Crippen molar-refractivity contribution in [2.75, 3.05) is 13.1 Å². The van der Waals surface area contributed by atoms with Gasteiger partial charge in [0.15, 0.2) is 0 Å². The third-order valence-corrected chi connectivity index (χ3v) is 6.22. The maximum Gasteiger partial charge on any atom is 0.227 e. The molecule has 0 saturated carbocycles. The number of aryl methyl sites for hydroxylation is 3. The minimum Gasteiger partial charge on any atom is -0.361 e. The second-order valence-electron chi connectivity index (χ2n) is 8.06. The number of carbonyl (C=O) groups excluding carboxylic acids is 1. The fourth-order valence-corrected chi connectivity index (χ4v) is 4.50. The van der Waals surface area contributed by atoms with Crippen molar-refractivity contribution in [3.05, 3.63) is 52.4 Å². The normalized spacial score (nSPS) is 23.1. The SMILES string of the molecule is CCc1ccc(CN2C[C@@H]3CC[C@H](C2)N(Cc2c(C)noc2C)C3=O)cc1. The topological polar surface area (TPSA) is 49.6 Å². The molecule has 0 N–H and O–H groups in total. The van der Waals surface area contributed by atoms with Gasteiger partial charge in [-0.1, -0.05) is 36.3 Å². The number of hydrogen-bond donors (Lipinski definition) is 0. The van der Waals surface area contributed by atoms with E-state index in [1.54, 1.807) is 0 Å². The molecule has 27 heavy (non-hydrogen) atoms. The Labute approximate surface area is 161 Å². The Morgan fingerprint density at radius 3 is 2.48 bits per heavy atom. The van der Waals surface area contributed by atoms with Gasteiger partial charge in [0.2, 0.25) is 5.91 Å². The zero-order chi connectivity index (χ0) is 19.0. The molecule has 0 radical (unpaired) electrons. The number of aromatic nitrogens is 1. The number of fused-ring (bicyclic) bond motifs is 4. The van der Waals surface area contributed by atoms with Crippen molar-refractivity contribution >= 4 is 5.91 Å². The van der Waals surface area contributed by atoms with Gasteiger partial charge in [0, 0.05) is 31.2 Å². The van der Waals surface area contributed by atoms with Crippen molar-refractivity contribution in [2.45, 2.75) is 59.2 Å². The highest BCUT2D eigenvalue weighted by Crippen LogP contribution is 2.32. The average molecular weight is 367 g/mol. The quantitative estimate of drug-likeness (QED) is 0.812. The average Bonchev–Trinajstić information content (AvgIpc) is 2.83. The van der Waals surface area contributed by atoms with Crippen LogP contribution in [0.5, 0.6) is 0 Å². The van der Waals surface area contributed by atoms with Gasteiger partial charge < -0.3 is 9.42 Å². The van der Waals surface area contributed by atoms with Crippen molar-refractivity contribution in [1.82, 2.24) is 15.0 Å². The van der Waals surface area contributed by atoms with E-state index in [2.05, 4.69) is 46.1 Å². The van der Waals surface area contributed by atoms with Gasteiger partial charge in [-0.25, -0.2) is 0 Å². The van der Waals surface area contributed by atoms with Crippen molar-refractivity contribution < 1.29 is 9.32 Å². The number of piperidine rings is 1. The molecule has 3 aliphatic rings. The number of hydrogen-bond acceptors (Lipinski definition) is 4. The van der Waals surface area contributed by atoms with Gasteiger partial charge in [-0.05, 0) is 44.2 Å². The number of rotatable bonds is 5. The van der Waals surface area contributed by atoms with Crippen molar-refractivity contribution in [3.63, 3.8) is 0 Å². The zero-order valence-electron chi connectivity index (χ0n) is 16.6. The van der Waals surface area contributed by atoms with E-state index in [9.17, 15) is 4.79 Å². The molecule has 3 saturated heterocycles. The third kappa shape index (κ3) is 3.65. The van der Waals surface area contributed by atoms with E-state index in [4.69, 9.17) is 4.52 Å². The molecule has 2 aromatic rings. The molecule has 5 heteroatoms. The number of carbonyl (C=O) groups is 1. The minimum absolute atomic E-state index is 0.110. The van der Waals surface area contributed by atoms with Gasteiger partial charge >= 0.3 is 0 Å². The van der Waals surface area contributed by atoms with Crippen LogP contribution in [0.15, 0.2) is 28.8 Å². The van der Waals surface area contributed by atoms with E-state index in [1.807, 2.05) is 13.8 Å². The highest BCUT2D eigenvalue weighted by Gasteiger charge is 2.41. The molecule has 5 rings (SSSR count). The molecular formula is C22H29N3O2. The molecule has 2 atom stereocenters. The van der Waals surface area contributed by atoms with Crippen LogP contribution in [0.3, 0.4) is 0 Å². The Kier molecular flexibility index (Phi) is 5.04. The van der Waals surface area contributed by atoms with Crippen molar-refractivity contribution in [1.29, 1.82) is 0 Å². The van der Waals surface area contributed by atoms with E-state index in [-0.39, 0.29) is 12.0 Å². The summed E-state index contributed by atoms with van der Waals surface area (Å²) >= 11 is 0. The molecule has 3 aliphatic heterocycles. The lowest BCUT2D eigenvalue weighted by molar-refractivity contribution is -0.140. The summed E-state index contributed by atoms with van der Waals surface area (Å²) in [6, 6.07) is 9.18. The second-order valence-corrected chi connectivity index (χ2v) is 8.06. The second kappa shape index (κ2) is 7.47. The Hall–Kier alpha value is -2.14. The standard InChI is InChI=1S/C22H29N3O2/c1-4-17-5-7-18(8-6-17)11-24-12-19-9-10-20(13-24)25(22(19)26)14-21-15(2)23-27-16(21)3/h5-8,19-20H,4,9-14H2,1-3H3/t19-,20+/m0/s1. The van der Waals surface area contributed by atoms with Crippen LogP contribution in [-0.2, 0) is 24.3 Å². The predicted molar refractivity (Wildman–Crippen MR) is 104 cm³/mol. The molecule has 5 nitrogen and oxygen atoms in total. The largest absolute Gasteiger partial charge is 0.361 e. The van der Waals surface area contributed by atoms with Crippen LogP contribution in [-0.4, -0.2) is 40.0 Å². The predicted octanol–water partition coefficient (Wildman–Crippen LogP) is 3.48. The van der Waals surface area contributed by atoms with E-state index in [0.29, 0.717) is 12.5 Å². The summed E-state index contributed by atoms with van der Waals surface area (Å²) in [5, 5.41) is 4.05. The number of amides is 1. The van der Waals surface area contributed by atoms with Crippen LogP contribution in [0.25, 0.3) is 0 Å². The van der Waals surface area contributed by atoms with Crippen molar-refractivity contribution in [2.24, 2.45) is 5.92 Å². The maximum atomic E-state index is 13.1. The van der Waals surface area contributed by atoms with Gasteiger partial charge in [-0.15, -0.1) is 0 Å². The van der Waals surface area contributed by atoms with Gasteiger partial charge in [-0.2, -0.15) is 0 Å². The monoisotopic (exact) mass is 367 g/mol. The van der Waals surface area contributed by atoms with Crippen LogP contribution >= 0.6 is 0 Å². The summed E-state index contributed by atoms with van der Waals surface area (Å²) in [7, 11) is 0. The molecule has 0 spiro atoms. The van der Waals surface area contributed by atoms with Crippen LogP contribution < -0.4 is 0 Å². The fraction of sp³-hybridized carbons (Fsp3) is 0.545. The fourth-order valence-electron chi connectivity index (χ4n) is 4.50. The van der Waals surface area contributed by atoms with Crippen LogP contribution in [0.2, 0.25) is 0 Å². The lowest BCUT2D eigenvalue weighted by Gasteiger charge is -2.36. The number of nitrogens with zero attached hydrogens (tertiary/aromatic N) is 3. The Morgan fingerprint density at radius 1 is 1.07 bits per heavy atom. The molecular weight excluding hydrogens is 338 g/mol. The summed E-state index contributed by atoms with van der Waals surface area (Å²) in [4.78, 5) is 17.6. The summed E-state index contributed by atoms with van der Waals surface area (Å²) in [5.74, 6) is 1.24. The van der Waals surface area contributed by atoms with Gasteiger partial charge in [-0.3, -0.25) is 9.69 Å². The smallest absolute Gasteiger partial charge is 0.227 e. The first-order valence-corrected chi connectivity index (χ1v) is 10.1. The Morgan fingerprint density at radius 2 is 1.81 bits per heavy atom. The van der Waals surface area contributed by atoms with Crippen LogP contribution in [0.1, 0.15) is 47.9 Å². The number of benzene rings is 1. The molecule has 0 aliphatic carbocycles. The molecule has 1 amide bonds. The van der Waals surface area contributed by atoms with E-state index in [1.165, 1.54) is 11.1 Å². The molecule has 0 unspecified atom stereocenters. The van der Waals surface area contributed by atoms with Crippen molar-refractivity contribution in [3.8, 4) is 0 Å². The first kappa shape index (κ1) is 18.2. The van der Waals surface area contributed by atoms with Gasteiger partial charge in [0.05, 0.1) is 18.2 Å². The van der Waals surface area contributed by atoms with Gasteiger partial charge in [0.1, 0.15) is 5.76 Å². The van der Waals surface area contributed by atoms with Crippen LogP contribution in [0.4, 0.5) is 0 Å². The van der Waals surface area contributed by atoms with E-state index >= 15 is 0 Å². The minimum atomic E-state index is 0.110. The first-order chi connectivity index (χ1) is 13.0. The maximum absolute atomic E-state index is 13.1. The molecule has 2 bridgehead atoms. The zero-order valence-corrected chi connectivity index (χ0v) is 16.6. The summed E-state index contributed by atoms with van der Waals surface area (Å²) in [5.41, 5.74) is 4.67. The highest BCUT2D eigenvalue weighted by molar-refractivity contribution is 5.80. The molecule has 1 aromatic carbocycles. The first-order valence-electron chi connectivity index (χ1n) is 10.1. The summed E-state index contributed by atoms with van der Waals surface area (Å²) < 4.78 is 5.30. The third-order valence-electron chi connectivity index (χ3n) is 6.22. The van der Waals surface area contributed by atoms with E-state index in [0.717, 1.165) is 55.9 Å².